The summed E-state index contributed by atoms with van der Waals surface area (Å²) in [5.74, 6) is -0.201. The number of aryl methyl sites for hydroxylation is 1. The Morgan fingerprint density at radius 2 is 1.47 bits per heavy atom. The number of hydrogen-bond donors (Lipinski definition) is 1. The molecule has 30 heavy (non-hydrogen) atoms. The van der Waals surface area contributed by atoms with Crippen molar-refractivity contribution in [1.29, 1.82) is 0 Å². The predicted octanol–water partition coefficient (Wildman–Crippen LogP) is 5.82. The van der Waals surface area contributed by atoms with Gasteiger partial charge >= 0.3 is 5.97 Å². The molecule has 2 rings (SSSR count). The number of nitrogens with zero attached hydrogens (tertiary/aromatic N) is 4. The quantitative estimate of drug-likeness (QED) is 0.202. The maximum absolute atomic E-state index is 11.0. The van der Waals surface area contributed by atoms with Crippen molar-refractivity contribution in [2.45, 2.75) is 96.4 Å². The second-order valence-corrected chi connectivity index (χ2v) is 8.19. The number of methoxy groups -OCH3 is 1. The number of halogens is 1. The van der Waals surface area contributed by atoms with E-state index < -0.39 is 0 Å². The summed E-state index contributed by atoms with van der Waals surface area (Å²) in [4.78, 5) is 23.0. The second kappa shape index (κ2) is 14.2. The number of carbonyl (C=O) groups excluding carboxylic acids is 1. The van der Waals surface area contributed by atoms with E-state index in [1.54, 1.807) is 6.33 Å². The Bertz CT molecular complexity index is 766. The summed E-state index contributed by atoms with van der Waals surface area (Å²) in [6, 6.07) is 0. The first-order chi connectivity index (χ1) is 14.6. The topological polar surface area (TPSA) is 90.1 Å². The molecule has 0 aliphatic carbocycles. The molecule has 0 aromatic carbocycles. The van der Waals surface area contributed by atoms with Crippen LogP contribution in [0.2, 0.25) is 5.28 Å². The Morgan fingerprint density at radius 3 is 2.03 bits per heavy atom. The molecule has 0 aliphatic rings. The van der Waals surface area contributed by atoms with Gasteiger partial charge in [0.05, 0.1) is 13.4 Å². The van der Waals surface area contributed by atoms with Gasteiger partial charge in [-0.25, -0.2) is 4.98 Å². The predicted molar refractivity (Wildman–Crippen MR) is 119 cm³/mol. The first-order valence-electron chi connectivity index (χ1n) is 11.3. The average Bonchev–Trinajstić information content (AvgIpc) is 3.13. The number of aromatic hydroxyl groups is 1. The maximum Gasteiger partial charge on any atom is 0.305 e. The minimum Gasteiger partial charge on any atom is -0.492 e. The number of rotatable bonds is 16. The van der Waals surface area contributed by atoms with Crippen LogP contribution in [0.5, 0.6) is 5.88 Å². The zero-order chi connectivity index (χ0) is 21.6. The highest BCUT2D eigenvalue weighted by Crippen LogP contribution is 2.22. The first-order valence-corrected chi connectivity index (χ1v) is 11.6. The third kappa shape index (κ3) is 8.86. The molecule has 0 atom stereocenters. The molecule has 168 valence electrons. The fourth-order valence-electron chi connectivity index (χ4n) is 3.70. The van der Waals surface area contributed by atoms with E-state index in [4.69, 9.17) is 11.6 Å². The Kier molecular flexibility index (Phi) is 11.5. The van der Waals surface area contributed by atoms with Gasteiger partial charge in [0.25, 0.3) is 0 Å². The van der Waals surface area contributed by atoms with Crippen LogP contribution in [0.15, 0.2) is 6.33 Å². The van der Waals surface area contributed by atoms with Gasteiger partial charge in [-0.1, -0.05) is 70.6 Å². The lowest BCUT2D eigenvalue weighted by molar-refractivity contribution is -0.140. The molecule has 2 heterocycles. The molecular weight excluding hydrogens is 404 g/mol. The van der Waals surface area contributed by atoms with Crippen molar-refractivity contribution >= 4 is 28.7 Å². The summed E-state index contributed by atoms with van der Waals surface area (Å²) < 4.78 is 6.54. The maximum atomic E-state index is 11.0. The molecule has 0 fully saturated rings. The van der Waals surface area contributed by atoms with E-state index in [0.717, 1.165) is 25.8 Å². The lowest BCUT2D eigenvalue weighted by Crippen LogP contribution is -1.99. The summed E-state index contributed by atoms with van der Waals surface area (Å²) in [5.41, 5.74) is 0.997. The van der Waals surface area contributed by atoms with E-state index in [2.05, 4.69) is 19.7 Å². The van der Waals surface area contributed by atoms with Gasteiger partial charge in [-0.2, -0.15) is 9.97 Å². The van der Waals surface area contributed by atoms with Crippen LogP contribution in [0.3, 0.4) is 0 Å². The molecule has 0 bridgehead atoms. The molecule has 0 aliphatic heterocycles. The Hall–Kier alpha value is -1.89. The van der Waals surface area contributed by atoms with Crippen molar-refractivity contribution in [2.75, 3.05) is 7.11 Å². The van der Waals surface area contributed by atoms with E-state index in [0.29, 0.717) is 17.6 Å². The summed E-state index contributed by atoms with van der Waals surface area (Å²) in [6.45, 7) is 0.800. The highest BCUT2D eigenvalue weighted by molar-refractivity contribution is 6.28. The van der Waals surface area contributed by atoms with Crippen molar-refractivity contribution in [2.24, 2.45) is 0 Å². The van der Waals surface area contributed by atoms with Crippen LogP contribution in [0.4, 0.5) is 0 Å². The van der Waals surface area contributed by atoms with Gasteiger partial charge in [0, 0.05) is 13.0 Å². The molecule has 1 N–H and O–H groups in total. The number of hydrogen-bond acceptors (Lipinski definition) is 6. The number of carbonyl (C=O) groups is 1. The fourth-order valence-corrected chi connectivity index (χ4v) is 3.86. The van der Waals surface area contributed by atoms with E-state index in [9.17, 15) is 9.90 Å². The highest BCUT2D eigenvalue weighted by Gasteiger charge is 2.11. The van der Waals surface area contributed by atoms with E-state index in [-0.39, 0.29) is 17.1 Å². The van der Waals surface area contributed by atoms with Crippen LogP contribution < -0.4 is 0 Å². The molecule has 7 nitrogen and oxygen atoms in total. The Labute approximate surface area is 184 Å². The summed E-state index contributed by atoms with van der Waals surface area (Å²) in [7, 11) is 1.45. The number of unbranched alkanes of at least 4 members (excludes halogenated alkanes) is 12. The minimum absolute atomic E-state index is 0.0147. The Morgan fingerprint density at radius 1 is 0.933 bits per heavy atom. The van der Waals surface area contributed by atoms with Crippen molar-refractivity contribution in [3.8, 4) is 5.88 Å². The van der Waals surface area contributed by atoms with Crippen LogP contribution in [0.1, 0.15) is 89.9 Å². The van der Waals surface area contributed by atoms with Crippen LogP contribution in [0, 0.1) is 0 Å². The molecule has 0 saturated heterocycles. The molecule has 8 heteroatoms. The molecule has 0 unspecified atom stereocenters. The largest absolute Gasteiger partial charge is 0.492 e. The van der Waals surface area contributed by atoms with Crippen molar-refractivity contribution in [3.05, 3.63) is 11.6 Å². The van der Waals surface area contributed by atoms with Gasteiger partial charge in [-0.05, 0) is 24.4 Å². The molecular formula is C22H35ClN4O3. The van der Waals surface area contributed by atoms with E-state index in [1.165, 1.54) is 71.3 Å². The van der Waals surface area contributed by atoms with Gasteiger partial charge < -0.3 is 14.4 Å². The van der Waals surface area contributed by atoms with E-state index in [1.807, 2.05) is 4.57 Å². The smallest absolute Gasteiger partial charge is 0.305 e. The zero-order valence-electron chi connectivity index (χ0n) is 18.1. The molecule has 2 aromatic heterocycles. The normalized spacial score (nSPS) is 11.3. The SMILES string of the molecule is COC(=O)CCCCCCCCCCCCCCCn1cnc2nc(Cl)nc(O)c21. The van der Waals surface area contributed by atoms with Crippen molar-refractivity contribution in [3.63, 3.8) is 0 Å². The average molecular weight is 439 g/mol. The summed E-state index contributed by atoms with van der Waals surface area (Å²) >= 11 is 5.74. The lowest BCUT2D eigenvalue weighted by atomic mass is 10.0. The molecule has 0 saturated carbocycles. The number of ether oxygens (including phenoxy) is 1. The van der Waals surface area contributed by atoms with Gasteiger partial charge in [-0.3, -0.25) is 4.79 Å². The van der Waals surface area contributed by atoms with Crippen LogP contribution >= 0.6 is 11.6 Å². The monoisotopic (exact) mass is 438 g/mol. The minimum atomic E-state index is -0.108. The molecule has 0 radical (unpaired) electrons. The van der Waals surface area contributed by atoms with Gasteiger partial charge in [0.1, 0.15) is 0 Å². The van der Waals surface area contributed by atoms with Gasteiger partial charge in [0.15, 0.2) is 11.2 Å². The van der Waals surface area contributed by atoms with Crippen LogP contribution in [0.25, 0.3) is 11.2 Å². The first kappa shape index (κ1) is 24.4. The Balaban J connectivity index is 1.40. The zero-order valence-corrected chi connectivity index (χ0v) is 18.9. The summed E-state index contributed by atoms with van der Waals surface area (Å²) in [5, 5.41) is 9.97. The second-order valence-electron chi connectivity index (χ2n) is 7.85. The number of fused-ring (bicyclic) bond motifs is 1. The third-order valence-corrected chi connectivity index (χ3v) is 5.60. The number of esters is 1. The van der Waals surface area contributed by atoms with Crippen molar-refractivity contribution in [1.82, 2.24) is 19.5 Å². The number of imidazole rings is 1. The third-order valence-electron chi connectivity index (χ3n) is 5.43. The number of aromatic nitrogens is 4. The van der Waals surface area contributed by atoms with Gasteiger partial charge in [0.2, 0.25) is 11.2 Å². The molecule has 2 aromatic rings. The highest BCUT2D eigenvalue weighted by atomic mass is 35.5. The van der Waals surface area contributed by atoms with Crippen LogP contribution in [-0.2, 0) is 16.1 Å². The molecule has 0 spiro atoms. The van der Waals surface area contributed by atoms with E-state index >= 15 is 0 Å². The summed E-state index contributed by atoms with van der Waals surface area (Å²) in [6.07, 6.45) is 18.1. The van der Waals surface area contributed by atoms with Crippen molar-refractivity contribution < 1.29 is 14.6 Å². The van der Waals surface area contributed by atoms with Crippen LogP contribution in [-0.4, -0.2) is 37.7 Å². The molecule has 0 amide bonds. The lowest BCUT2D eigenvalue weighted by Gasteiger charge is -2.05. The standard InChI is InChI=1S/C22H35ClN4O3/c1-30-18(28)15-13-11-9-7-5-3-2-4-6-8-10-12-14-16-27-17-24-20-19(27)21(29)26-22(23)25-20/h17H,2-16H2,1H3,(H,25,26,29). The van der Waals surface area contributed by atoms with Gasteiger partial charge in [-0.15, -0.1) is 0 Å². The fraction of sp³-hybridized carbons (Fsp3) is 0.727.